The molecule has 2 nitrogen and oxygen atoms in total. The van der Waals surface area contributed by atoms with Gasteiger partial charge >= 0.3 is 0 Å². The van der Waals surface area contributed by atoms with Gasteiger partial charge in [-0.3, -0.25) is 0 Å². The summed E-state index contributed by atoms with van der Waals surface area (Å²) in [6.45, 7) is 2.07. The minimum atomic E-state index is 0.661. The first-order valence-electron chi connectivity index (χ1n) is 7.04. The van der Waals surface area contributed by atoms with Crippen molar-refractivity contribution in [2.75, 3.05) is 0 Å². The van der Waals surface area contributed by atoms with Gasteiger partial charge in [-0.05, 0) is 37.1 Å². The monoisotopic (exact) mass is 275 g/mol. The molecule has 0 amide bonds. The zero-order valence-corrected chi connectivity index (χ0v) is 12.0. The molecular formula is C19H17NO. The average Bonchev–Trinajstić information content (AvgIpc) is 2.98. The molecule has 1 aromatic heterocycles. The van der Waals surface area contributed by atoms with E-state index in [2.05, 4.69) is 42.2 Å². The first kappa shape index (κ1) is 13.4. The van der Waals surface area contributed by atoms with Crippen LogP contribution in [0.5, 0.6) is 0 Å². The lowest BCUT2D eigenvalue weighted by atomic mass is 10.1. The van der Waals surface area contributed by atoms with Crippen molar-refractivity contribution >= 4 is 6.08 Å². The van der Waals surface area contributed by atoms with Gasteiger partial charge < -0.3 is 4.42 Å². The molecule has 3 rings (SSSR count). The van der Waals surface area contributed by atoms with E-state index in [1.807, 2.05) is 36.4 Å². The van der Waals surface area contributed by atoms with Gasteiger partial charge in [-0.1, -0.05) is 54.1 Å². The SMILES string of the molecule is Cc1ccc(-c2ncc(/C=C/Cc3ccccc3)o2)cc1. The summed E-state index contributed by atoms with van der Waals surface area (Å²) in [6, 6.07) is 18.5. The van der Waals surface area contributed by atoms with Crippen molar-refractivity contribution in [3.8, 4) is 11.5 Å². The summed E-state index contributed by atoms with van der Waals surface area (Å²) in [5.74, 6) is 1.44. The number of aryl methyl sites for hydroxylation is 1. The van der Waals surface area contributed by atoms with E-state index < -0.39 is 0 Å². The van der Waals surface area contributed by atoms with E-state index in [9.17, 15) is 0 Å². The molecule has 0 fully saturated rings. The quantitative estimate of drug-likeness (QED) is 0.676. The Hall–Kier alpha value is -2.61. The zero-order chi connectivity index (χ0) is 14.5. The van der Waals surface area contributed by atoms with E-state index in [0.717, 1.165) is 17.7 Å². The number of rotatable bonds is 4. The third-order valence-electron chi connectivity index (χ3n) is 3.30. The van der Waals surface area contributed by atoms with Crippen LogP contribution in [0, 0.1) is 6.92 Å². The Morgan fingerprint density at radius 2 is 1.76 bits per heavy atom. The highest BCUT2D eigenvalue weighted by Crippen LogP contribution is 2.20. The number of oxazole rings is 1. The van der Waals surface area contributed by atoms with Gasteiger partial charge in [0.25, 0.3) is 0 Å². The fourth-order valence-corrected chi connectivity index (χ4v) is 2.12. The highest BCUT2D eigenvalue weighted by molar-refractivity contribution is 5.55. The van der Waals surface area contributed by atoms with Crippen molar-refractivity contribution in [1.29, 1.82) is 0 Å². The summed E-state index contributed by atoms with van der Waals surface area (Å²) >= 11 is 0. The van der Waals surface area contributed by atoms with Crippen LogP contribution in [0.25, 0.3) is 17.5 Å². The molecule has 0 N–H and O–H groups in total. The van der Waals surface area contributed by atoms with E-state index in [1.165, 1.54) is 11.1 Å². The Bertz CT molecular complexity index is 724. The highest BCUT2D eigenvalue weighted by atomic mass is 16.4. The molecular weight excluding hydrogens is 258 g/mol. The van der Waals surface area contributed by atoms with Gasteiger partial charge in [0.2, 0.25) is 5.89 Å². The fourth-order valence-electron chi connectivity index (χ4n) is 2.12. The lowest BCUT2D eigenvalue weighted by molar-refractivity contribution is 0.564. The molecule has 0 saturated carbocycles. The Balaban J connectivity index is 1.69. The summed E-state index contributed by atoms with van der Waals surface area (Å²) in [7, 11) is 0. The summed E-state index contributed by atoms with van der Waals surface area (Å²) in [4.78, 5) is 4.32. The summed E-state index contributed by atoms with van der Waals surface area (Å²) in [5.41, 5.74) is 3.52. The summed E-state index contributed by atoms with van der Waals surface area (Å²) < 4.78 is 5.75. The van der Waals surface area contributed by atoms with Crippen molar-refractivity contribution in [2.24, 2.45) is 0 Å². The molecule has 0 spiro atoms. The largest absolute Gasteiger partial charge is 0.437 e. The Morgan fingerprint density at radius 3 is 2.52 bits per heavy atom. The van der Waals surface area contributed by atoms with Gasteiger partial charge in [0.15, 0.2) is 0 Å². The van der Waals surface area contributed by atoms with E-state index in [4.69, 9.17) is 4.42 Å². The number of benzene rings is 2. The van der Waals surface area contributed by atoms with Crippen LogP contribution in [0.1, 0.15) is 16.9 Å². The molecule has 0 aliphatic rings. The molecule has 0 atom stereocenters. The number of nitrogens with zero attached hydrogens (tertiary/aromatic N) is 1. The third kappa shape index (κ3) is 3.48. The second-order valence-corrected chi connectivity index (χ2v) is 5.03. The van der Waals surface area contributed by atoms with Crippen molar-refractivity contribution in [1.82, 2.24) is 4.98 Å². The fraction of sp³-hybridized carbons (Fsp3) is 0.105. The molecule has 0 aliphatic heterocycles. The predicted octanol–water partition coefficient (Wildman–Crippen LogP) is 4.91. The second kappa shape index (κ2) is 6.23. The molecule has 0 radical (unpaired) electrons. The van der Waals surface area contributed by atoms with Gasteiger partial charge in [-0.2, -0.15) is 0 Å². The standard InChI is InChI=1S/C19H17NO/c1-15-10-12-17(13-11-15)19-20-14-18(21-19)9-5-8-16-6-3-2-4-7-16/h2-7,9-14H,8H2,1H3/b9-5+. The maximum atomic E-state index is 5.75. The molecule has 0 saturated heterocycles. The van der Waals surface area contributed by atoms with Gasteiger partial charge in [0.05, 0.1) is 6.20 Å². The predicted molar refractivity (Wildman–Crippen MR) is 85.9 cm³/mol. The zero-order valence-electron chi connectivity index (χ0n) is 12.0. The molecule has 2 heteroatoms. The Morgan fingerprint density at radius 1 is 1.00 bits per heavy atom. The molecule has 21 heavy (non-hydrogen) atoms. The molecule has 0 bridgehead atoms. The van der Waals surface area contributed by atoms with Crippen LogP contribution < -0.4 is 0 Å². The van der Waals surface area contributed by atoms with E-state index in [1.54, 1.807) is 6.20 Å². The van der Waals surface area contributed by atoms with Crippen molar-refractivity contribution in [3.05, 3.63) is 83.8 Å². The van der Waals surface area contributed by atoms with Gasteiger partial charge in [-0.15, -0.1) is 0 Å². The van der Waals surface area contributed by atoms with Crippen LogP contribution in [0.4, 0.5) is 0 Å². The van der Waals surface area contributed by atoms with Crippen molar-refractivity contribution in [3.63, 3.8) is 0 Å². The number of hydrogen-bond acceptors (Lipinski definition) is 2. The lowest BCUT2D eigenvalue weighted by Gasteiger charge is -1.96. The lowest BCUT2D eigenvalue weighted by Crippen LogP contribution is -1.78. The normalized spacial score (nSPS) is 11.1. The average molecular weight is 275 g/mol. The summed E-state index contributed by atoms with van der Waals surface area (Å²) in [5, 5.41) is 0. The number of allylic oxidation sites excluding steroid dienone is 1. The Kier molecular flexibility index (Phi) is 3.97. The Labute approximate surface area is 124 Å². The maximum absolute atomic E-state index is 5.75. The van der Waals surface area contributed by atoms with E-state index in [0.29, 0.717) is 5.89 Å². The van der Waals surface area contributed by atoms with Crippen LogP contribution in [-0.2, 0) is 6.42 Å². The first-order chi connectivity index (χ1) is 10.3. The van der Waals surface area contributed by atoms with Gasteiger partial charge in [-0.25, -0.2) is 4.98 Å². The van der Waals surface area contributed by atoms with Gasteiger partial charge in [0, 0.05) is 5.56 Å². The van der Waals surface area contributed by atoms with Crippen molar-refractivity contribution < 1.29 is 4.42 Å². The maximum Gasteiger partial charge on any atom is 0.226 e. The first-order valence-corrected chi connectivity index (χ1v) is 7.04. The minimum absolute atomic E-state index is 0.661. The van der Waals surface area contributed by atoms with E-state index in [-0.39, 0.29) is 0 Å². The van der Waals surface area contributed by atoms with Crippen LogP contribution in [0.2, 0.25) is 0 Å². The molecule has 0 aliphatic carbocycles. The molecule has 3 aromatic rings. The molecule has 2 aromatic carbocycles. The van der Waals surface area contributed by atoms with Crippen LogP contribution in [-0.4, -0.2) is 4.98 Å². The molecule has 1 heterocycles. The smallest absolute Gasteiger partial charge is 0.226 e. The number of hydrogen-bond donors (Lipinski definition) is 0. The van der Waals surface area contributed by atoms with Crippen molar-refractivity contribution in [2.45, 2.75) is 13.3 Å². The third-order valence-corrected chi connectivity index (χ3v) is 3.30. The highest BCUT2D eigenvalue weighted by Gasteiger charge is 2.04. The molecule has 104 valence electrons. The summed E-state index contributed by atoms with van der Waals surface area (Å²) in [6.07, 6.45) is 6.71. The van der Waals surface area contributed by atoms with Gasteiger partial charge in [0.1, 0.15) is 5.76 Å². The van der Waals surface area contributed by atoms with E-state index >= 15 is 0 Å². The molecule has 0 unspecified atom stereocenters. The van der Waals surface area contributed by atoms with Crippen LogP contribution in [0.15, 0.2) is 71.3 Å². The van der Waals surface area contributed by atoms with Crippen LogP contribution >= 0.6 is 0 Å². The topological polar surface area (TPSA) is 26.0 Å². The minimum Gasteiger partial charge on any atom is -0.437 e. The second-order valence-electron chi connectivity index (χ2n) is 5.03. The van der Waals surface area contributed by atoms with Crippen LogP contribution in [0.3, 0.4) is 0 Å². The number of aromatic nitrogens is 1.